The van der Waals surface area contributed by atoms with Gasteiger partial charge in [0.05, 0.1) is 11.3 Å². The van der Waals surface area contributed by atoms with E-state index < -0.39 is 29.4 Å². The molecule has 8 heteroatoms. The SMILES string of the molecule is Oc1cc(-c2ccc(C(F)(F)F)cc2)nc(C(F)(F)F)c1. The Labute approximate surface area is 114 Å². The Hall–Kier alpha value is -2.25. The molecular weight excluding hydrogens is 300 g/mol. The van der Waals surface area contributed by atoms with Gasteiger partial charge in [-0.2, -0.15) is 26.3 Å². The fourth-order valence-electron chi connectivity index (χ4n) is 1.64. The summed E-state index contributed by atoms with van der Waals surface area (Å²) in [6, 6.07) is 4.82. The van der Waals surface area contributed by atoms with Crippen LogP contribution < -0.4 is 0 Å². The first-order valence-corrected chi connectivity index (χ1v) is 5.53. The Morgan fingerprint density at radius 2 is 1.38 bits per heavy atom. The molecule has 0 saturated carbocycles. The largest absolute Gasteiger partial charge is 0.508 e. The summed E-state index contributed by atoms with van der Waals surface area (Å²) < 4.78 is 74.9. The van der Waals surface area contributed by atoms with Gasteiger partial charge in [-0.15, -0.1) is 0 Å². The summed E-state index contributed by atoms with van der Waals surface area (Å²) >= 11 is 0. The molecule has 1 aromatic carbocycles. The number of benzene rings is 1. The number of hydrogen-bond donors (Lipinski definition) is 1. The van der Waals surface area contributed by atoms with Crippen LogP contribution in [0.4, 0.5) is 26.3 Å². The highest BCUT2D eigenvalue weighted by Crippen LogP contribution is 2.34. The molecule has 0 spiro atoms. The lowest BCUT2D eigenvalue weighted by Gasteiger charge is -2.10. The molecule has 2 rings (SSSR count). The number of nitrogens with zero attached hydrogens (tertiary/aromatic N) is 1. The molecule has 21 heavy (non-hydrogen) atoms. The Morgan fingerprint density at radius 3 is 1.86 bits per heavy atom. The van der Waals surface area contributed by atoms with Gasteiger partial charge in [-0.25, -0.2) is 4.98 Å². The fraction of sp³-hybridized carbons (Fsp3) is 0.154. The topological polar surface area (TPSA) is 33.1 Å². The van der Waals surface area contributed by atoms with Crippen molar-refractivity contribution in [3.05, 3.63) is 47.7 Å². The van der Waals surface area contributed by atoms with Crippen LogP contribution in [0.25, 0.3) is 11.3 Å². The molecule has 0 unspecified atom stereocenters. The summed E-state index contributed by atoms with van der Waals surface area (Å²) in [5.74, 6) is -0.674. The summed E-state index contributed by atoms with van der Waals surface area (Å²) in [7, 11) is 0. The molecule has 0 bridgehead atoms. The molecule has 112 valence electrons. The lowest BCUT2D eigenvalue weighted by atomic mass is 10.1. The van der Waals surface area contributed by atoms with Crippen LogP contribution in [0.2, 0.25) is 0 Å². The Kier molecular flexibility index (Phi) is 3.56. The molecular formula is C13H7F6NO. The number of rotatable bonds is 1. The number of aromatic hydroxyl groups is 1. The zero-order valence-corrected chi connectivity index (χ0v) is 10.1. The molecule has 0 saturated heterocycles. The van der Waals surface area contributed by atoms with Gasteiger partial charge >= 0.3 is 12.4 Å². The lowest BCUT2D eigenvalue weighted by molar-refractivity contribution is -0.141. The molecule has 1 N–H and O–H groups in total. The molecule has 0 aliphatic carbocycles. The van der Waals surface area contributed by atoms with Crippen molar-refractivity contribution in [3.63, 3.8) is 0 Å². The third kappa shape index (κ3) is 3.45. The molecule has 2 nitrogen and oxygen atoms in total. The first-order chi connectivity index (χ1) is 9.57. The minimum absolute atomic E-state index is 0.0319. The van der Waals surface area contributed by atoms with Gasteiger partial charge in [-0.3, -0.25) is 0 Å². The average molecular weight is 307 g/mol. The molecule has 1 aromatic heterocycles. The van der Waals surface area contributed by atoms with Crippen LogP contribution in [0.1, 0.15) is 11.3 Å². The normalized spacial score (nSPS) is 12.5. The van der Waals surface area contributed by atoms with Crippen LogP contribution in [0.15, 0.2) is 36.4 Å². The molecule has 1 heterocycles. The van der Waals surface area contributed by atoms with Gasteiger partial charge in [0, 0.05) is 17.7 Å². The zero-order valence-electron chi connectivity index (χ0n) is 10.1. The van der Waals surface area contributed by atoms with Crippen LogP contribution in [-0.4, -0.2) is 10.1 Å². The fourth-order valence-corrected chi connectivity index (χ4v) is 1.64. The number of alkyl halides is 6. The van der Waals surface area contributed by atoms with Crippen LogP contribution in [0, 0.1) is 0 Å². The standard InChI is InChI=1S/C13H7F6NO/c14-12(15,16)8-3-1-7(2-4-8)10-5-9(21)6-11(20-10)13(17,18)19/h1-6H,(H,20,21). The highest BCUT2D eigenvalue weighted by molar-refractivity contribution is 5.61. The number of pyridine rings is 1. The first-order valence-electron chi connectivity index (χ1n) is 5.53. The second-order valence-corrected chi connectivity index (χ2v) is 4.17. The van der Waals surface area contributed by atoms with Crippen molar-refractivity contribution in [2.75, 3.05) is 0 Å². The van der Waals surface area contributed by atoms with Crippen molar-refractivity contribution in [2.24, 2.45) is 0 Å². The maximum absolute atomic E-state index is 12.6. The van der Waals surface area contributed by atoms with E-state index in [4.69, 9.17) is 0 Å². The van der Waals surface area contributed by atoms with E-state index in [9.17, 15) is 31.4 Å². The first kappa shape index (κ1) is 15.1. The molecule has 0 amide bonds. The van der Waals surface area contributed by atoms with Crippen molar-refractivity contribution in [3.8, 4) is 17.0 Å². The van der Waals surface area contributed by atoms with Gasteiger partial charge < -0.3 is 5.11 Å². The minimum Gasteiger partial charge on any atom is -0.508 e. The van der Waals surface area contributed by atoms with Crippen LogP contribution >= 0.6 is 0 Å². The predicted molar refractivity (Wildman–Crippen MR) is 61.3 cm³/mol. The smallest absolute Gasteiger partial charge is 0.433 e. The molecule has 0 fully saturated rings. The van der Waals surface area contributed by atoms with E-state index in [1.807, 2.05) is 0 Å². The van der Waals surface area contributed by atoms with Crippen LogP contribution in [0.5, 0.6) is 5.75 Å². The highest BCUT2D eigenvalue weighted by atomic mass is 19.4. The van der Waals surface area contributed by atoms with Crippen LogP contribution in [-0.2, 0) is 12.4 Å². The molecule has 2 aromatic rings. The van der Waals surface area contributed by atoms with Crippen molar-refractivity contribution < 1.29 is 31.4 Å². The number of aromatic nitrogens is 1. The summed E-state index contributed by atoms with van der Waals surface area (Å²) in [4.78, 5) is 3.30. The maximum atomic E-state index is 12.6. The predicted octanol–water partition coefficient (Wildman–Crippen LogP) is 4.49. The summed E-state index contributed by atoms with van der Waals surface area (Å²) in [5.41, 5.74) is -2.49. The second kappa shape index (κ2) is 4.94. The highest BCUT2D eigenvalue weighted by Gasteiger charge is 2.33. The summed E-state index contributed by atoms with van der Waals surface area (Å²) in [5, 5.41) is 9.28. The molecule has 0 radical (unpaired) electrons. The van der Waals surface area contributed by atoms with Gasteiger partial charge in [-0.1, -0.05) is 12.1 Å². The van der Waals surface area contributed by atoms with E-state index in [0.717, 1.165) is 30.3 Å². The van der Waals surface area contributed by atoms with Crippen molar-refractivity contribution in [1.82, 2.24) is 4.98 Å². The van der Waals surface area contributed by atoms with Crippen molar-refractivity contribution in [2.45, 2.75) is 12.4 Å². The van der Waals surface area contributed by atoms with Gasteiger partial charge in [0.2, 0.25) is 0 Å². The summed E-state index contributed by atoms with van der Waals surface area (Å²) in [6.45, 7) is 0. The quantitative estimate of drug-likeness (QED) is 0.787. The molecule has 0 aliphatic rings. The van der Waals surface area contributed by atoms with E-state index in [2.05, 4.69) is 4.98 Å². The van der Waals surface area contributed by atoms with Gasteiger partial charge in [0.15, 0.2) is 0 Å². The van der Waals surface area contributed by atoms with E-state index in [1.54, 1.807) is 0 Å². The third-order valence-electron chi connectivity index (χ3n) is 2.61. The van der Waals surface area contributed by atoms with E-state index in [1.165, 1.54) is 0 Å². The van der Waals surface area contributed by atoms with E-state index in [-0.39, 0.29) is 11.3 Å². The zero-order chi connectivity index (χ0) is 15.8. The number of halogens is 6. The van der Waals surface area contributed by atoms with E-state index in [0.29, 0.717) is 6.07 Å². The summed E-state index contributed by atoms with van der Waals surface area (Å²) in [6.07, 6.45) is -9.30. The van der Waals surface area contributed by atoms with Gasteiger partial charge in [-0.05, 0) is 12.1 Å². The van der Waals surface area contributed by atoms with Crippen LogP contribution in [0.3, 0.4) is 0 Å². The molecule has 0 aliphatic heterocycles. The number of hydrogen-bond acceptors (Lipinski definition) is 2. The monoisotopic (exact) mass is 307 g/mol. The van der Waals surface area contributed by atoms with Crippen molar-refractivity contribution in [1.29, 1.82) is 0 Å². The average Bonchev–Trinajstić information content (AvgIpc) is 2.36. The Balaban J connectivity index is 2.45. The lowest BCUT2D eigenvalue weighted by Crippen LogP contribution is -2.08. The Morgan fingerprint density at radius 1 is 0.810 bits per heavy atom. The molecule has 0 atom stereocenters. The van der Waals surface area contributed by atoms with Gasteiger partial charge in [0.25, 0.3) is 0 Å². The van der Waals surface area contributed by atoms with Gasteiger partial charge in [0.1, 0.15) is 11.4 Å². The van der Waals surface area contributed by atoms with Crippen molar-refractivity contribution >= 4 is 0 Å². The minimum atomic E-state index is -4.76. The maximum Gasteiger partial charge on any atom is 0.433 e. The van der Waals surface area contributed by atoms with E-state index >= 15 is 0 Å². The third-order valence-corrected chi connectivity index (χ3v) is 2.61. The second-order valence-electron chi connectivity index (χ2n) is 4.17. The Bertz CT molecular complexity index is 645.